The standard InChI is InChI=1S/C5H5BrO/c1-2-3-4-5(6)7/h1H,3-4H2. The maximum atomic E-state index is 10.0. The third kappa shape index (κ3) is 5.71. The molecule has 0 rings (SSSR count). The summed E-state index contributed by atoms with van der Waals surface area (Å²) in [6.07, 6.45) is 5.83. The number of carbonyl (C=O) groups is 1. The fourth-order valence-electron chi connectivity index (χ4n) is 0.170. The monoisotopic (exact) mass is 160 g/mol. The molecule has 0 radical (unpaired) electrons. The zero-order valence-corrected chi connectivity index (χ0v) is 5.36. The molecule has 0 heterocycles. The van der Waals surface area contributed by atoms with Crippen molar-refractivity contribution in [1.29, 1.82) is 0 Å². The van der Waals surface area contributed by atoms with Crippen molar-refractivity contribution in [3.8, 4) is 12.3 Å². The van der Waals surface area contributed by atoms with Crippen LogP contribution in [0.4, 0.5) is 0 Å². The number of hydrogen-bond acceptors (Lipinski definition) is 1. The van der Waals surface area contributed by atoms with E-state index in [0.29, 0.717) is 12.8 Å². The molecule has 1 nitrogen and oxygen atoms in total. The first kappa shape index (κ1) is 6.71. The Hall–Kier alpha value is -0.290. The van der Waals surface area contributed by atoms with Gasteiger partial charge in [-0.05, 0) is 15.9 Å². The molecule has 0 unspecified atom stereocenters. The molecule has 0 saturated carbocycles. The molecule has 7 heavy (non-hydrogen) atoms. The normalized spacial score (nSPS) is 7.43. The third-order valence-electron chi connectivity index (χ3n) is 0.466. The molecule has 0 atom stereocenters. The van der Waals surface area contributed by atoms with Gasteiger partial charge in [0.1, 0.15) is 0 Å². The maximum absolute atomic E-state index is 10.0. The van der Waals surface area contributed by atoms with Crippen LogP contribution in [-0.2, 0) is 4.79 Å². The molecule has 0 aromatic rings. The Labute approximate surface area is 51.2 Å². The van der Waals surface area contributed by atoms with Gasteiger partial charge in [-0.15, -0.1) is 12.3 Å². The molecule has 0 amide bonds. The summed E-state index contributed by atoms with van der Waals surface area (Å²) >= 11 is 2.74. The van der Waals surface area contributed by atoms with E-state index in [2.05, 4.69) is 21.9 Å². The van der Waals surface area contributed by atoms with Crippen LogP contribution in [0, 0.1) is 12.3 Å². The molecule has 0 spiro atoms. The minimum absolute atomic E-state index is 0.0227. The van der Waals surface area contributed by atoms with Gasteiger partial charge >= 0.3 is 0 Å². The van der Waals surface area contributed by atoms with Crippen LogP contribution in [0.3, 0.4) is 0 Å². The lowest BCUT2D eigenvalue weighted by molar-refractivity contribution is -0.110. The molecule has 0 aliphatic carbocycles. The van der Waals surface area contributed by atoms with E-state index in [9.17, 15) is 4.79 Å². The van der Waals surface area contributed by atoms with Crippen LogP contribution in [0.15, 0.2) is 0 Å². The van der Waals surface area contributed by atoms with Crippen molar-refractivity contribution in [2.75, 3.05) is 0 Å². The predicted molar refractivity (Wildman–Crippen MR) is 32.0 cm³/mol. The Balaban J connectivity index is 3.02. The Morgan fingerprint density at radius 3 is 2.57 bits per heavy atom. The quantitative estimate of drug-likeness (QED) is 0.440. The molecule has 0 N–H and O–H groups in total. The SMILES string of the molecule is C#CCCC(=O)Br. The molecule has 0 aromatic heterocycles. The first-order chi connectivity index (χ1) is 3.27. The van der Waals surface area contributed by atoms with Crippen LogP contribution in [0.5, 0.6) is 0 Å². The highest BCUT2D eigenvalue weighted by molar-refractivity contribution is 9.18. The molecule has 0 fully saturated rings. The summed E-state index contributed by atoms with van der Waals surface area (Å²) < 4.78 is -0.0227. The fraction of sp³-hybridized carbons (Fsp3) is 0.400. The largest absolute Gasteiger partial charge is 0.287 e. The van der Waals surface area contributed by atoms with Crippen LogP contribution < -0.4 is 0 Å². The molecule has 0 aliphatic rings. The maximum Gasteiger partial charge on any atom is 0.198 e. The molecule has 2 heteroatoms. The molecule has 0 aliphatic heterocycles. The van der Waals surface area contributed by atoms with Gasteiger partial charge in [0.25, 0.3) is 0 Å². The molecular formula is C5H5BrO. The zero-order chi connectivity index (χ0) is 5.70. The van der Waals surface area contributed by atoms with E-state index in [0.717, 1.165) is 0 Å². The molecule has 0 bridgehead atoms. The number of hydrogen-bond donors (Lipinski definition) is 0. The number of carbonyl (C=O) groups excluding carboxylic acids is 1. The highest BCUT2D eigenvalue weighted by Crippen LogP contribution is 1.93. The average molecular weight is 161 g/mol. The van der Waals surface area contributed by atoms with Gasteiger partial charge in [0.2, 0.25) is 0 Å². The van der Waals surface area contributed by atoms with Crippen molar-refractivity contribution in [2.45, 2.75) is 12.8 Å². The van der Waals surface area contributed by atoms with Crippen molar-refractivity contribution >= 4 is 20.6 Å². The van der Waals surface area contributed by atoms with Crippen molar-refractivity contribution in [3.05, 3.63) is 0 Å². The van der Waals surface area contributed by atoms with Crippen molar-refractivity contribution in [3.63, 3.8) is 0 Å². The van der Waals surface area contributed by atoms with E-state index in [1.54, 1.807) is 0 Å². The second-order valence-corrected chi connectivity index (χ2v) is 1.94. The summed E-state index contributed by atoms with van der Waals surface area (Å²) in [5.41, 5.74) is 0. The summed E-state index contributed by atoms with van der Waals surface area (Å²) in [7, 11) is 0. The van der Waals surface area contributed by atoms with Gasteiger partial charge in [-0.1, -0.05) is 0 Å². The average Bonchev–Trinajstić information content (AvgIpc) is 1.61. The summed E-state index contributed by atoms with van der Waals surface area (Å²) in [4.78, 5) is 10.0. The first-order valence-electron chi connectivity index (χ1n) is 1.89. The topological polar surface area (TPSA) is 17.1 Å². The Morgan fingerprint density at radius 1 is 1.86 bits per heavy atom. The second-order valence-electron chi connectivity index (χ2n) is 1.06. The lowest BCUT2D eigenvalue weighted by Gasteiger charge is -1.78. The van der Waals surface area contributed by atoms with E-state index in [4.69, 9.17) is 6.42 Å². The first-order valence-corrected chi connectivity index (χ1v) is 2.68. The molecule has 0 aromatic carbocycles. The van der Waals surface area contributed by atoms with Gasteiger partial charge in [-0.3, -0.25) is 4.79 Å². The van der Waals surface area contributed by atoms with Gasteiger partial charge in [0.05, 0.1) is 0 Å². The summed E-state index contributed by atoms with van der Waals surface area (Å²) in [6, 6.07) is 0. The fourth-order valence-corrected chi connectivity index (χ4v) is 0.369. The smallest absolute Gasteiger partial charge is 0.198 e. The summed E-state index contributed by atoms with van der Waals surface area (Å²) in [5, 5.41) is 0. The van der Waals surface area contributed by atoms with Crippen LogP contribution >= 0.6 is 15.9 Å². The third-order valence-corrected chi connectivity index (χ3v) is 0.862. The molecule has 38 valence electrons. The lowest BCUT2D eigenvalue weighted by atomic mass is 10.3. The van der Waals surface area contributed by atoms with Gasteiger partial charge in [-0.2, -0.15) is 0 Å². The Bertz CT molecular complexity index is 101. The summed E-state index contributed by atoms with van der Waals surface area (Å²) in [6.45, 7) is 0. The Kier molecular flexibility index (Phi) is 3.72. The van der Waals surface area contributed by atoms with E-state index >= 15 is 0 Å². The van der Waals surface area contributed by atoms with E-state index in [1.165, 1.54) is 0 Å². The molecule has 0 saturated heterocycles. The minimum atomic E-state index is -0.0227. The van der Waals surface area contributed by atoms with Crippen LogP contribution in [0.1, 0.15) is 12.8 Å². The molecular weight excluding hydrogens is 156 g/mol. The second kappa shape index (κ2) is 3.89. The highest BCUT2D eigenvalue weighted by atomic mass is 79.9. The lowest BCUT2D eigenvalue weighted by Crippen LogP contribution is -1.80. The minimum Gasteiger partial charge on any atom is -0.287 e. The van der Waals surface area contributed by atoms with Crippen molar-refractivity contribution in [1.82, 2.24) is 0 Å². The highest BCUT2D eigenvalue weighted by Gasteiger charge is 1.88. The van der Waals surface area contributed by atoms with Crippen LogP contribution in [0.25, 0.3) is 0 Å². The van der Waals surface area contributed by atoms with Gasteiger partial charge in [-0.25, -0.2) is 0 Å². The summed E-state index contributed by atoms with van der Waals surface area (Å²) in [5.74, 6) is 2.35. The predicted octanol–water partition coefficient (Wildman–Crippen LogP) is 1.32. The van der Waals surface area contributed by atoms with E-state index in [1.807, 2.05) is 0 Å². The number of halogens is 1. The van der Waals surface area contributed by atoms with Crippen LogP contribution in [-0.4, -0.2) is 4.69 Å². The number of rotatable bonds is 2. The van der Waals surface area contributed by atoms with Crippen LogP contribution in [0.2, 0.25) is 0 Å². The van der Waals surface area contributed by atoms with Crippen molar-refractivity contribution in [2.24, 2.45) is 0 Å². The van der Waals surface area contributed by atoms with E-state index in [-0.39, 0.29) is 4.69 Å². The number of terminal acetylenes is 1. The van der Waals surface area contributed by atoms with Gasteiger partial charge in [0.15, 0.2) is 4.69 Å². The zero-order valence-electron chi connectivity index (χ0n) is 3.78. The van der Waals surface area contributed by atoms with Gasteiger partial charge < -0.3 is 0 Å². The van der Waals surface area contributed by atoms with E-state index < -0.39 is 0 Å². The van der Waals surface area contributed by atoms with Gasteiger partial charge in [0, 0.05) is 12.8 Å². The Morgan fingerprint density at radius 2 is 2.43 bits per heavy atom. The van der Waals surface area contributed by atoms with Crippen molar-refractivity contribution < 1.29 is 4.79 Å².